The van der Waals surface area contributed by atoms with Crippen molar-refractivity contribution in [3.63, 3.8) is 0 Å². The highest BCUT2D eigenvalue weighted by Crippen LogP contribution is 2.29. The summed E-state index contributed by atoms with van der Waals surface area (Å²) >= 11 is 0. The number of hydrogen-bond acceptors (Lipinski definition) is 2. The van der Waals surface area contributed by atoms with Crippen LogP contribution in [-0.2, 0) is 19.5 Å². The van der Waals surface area contributed by atoms with E-state index < -0.39 is 5.97 Å². The van der Waals surface area contributed by atoms with E-state index in [0.29, 0.717) is 18.8 Å². The van der Waals surface area contributed by atoms with Crippen LogP contribution in [0.4, 0.5) is 0 Å². The molecule has 4 rings (SSSR count). The Labute approximate surface area is 183 Å². The predicted octanol–water partition coefficient (Wildman–Crippen LogP) is 5.34. The molecule has 4 aromatic rings. The van der Waals surface area contributed by atoms with Crippen molar-refractivity contribution in [1.29, 1.82) is 0 Å². The first-order valence-electron chi connectivity index (χ1n) is 10.7. The zero-order chi connectivity index (χ0) is 21.8. The first-order chi connectivity index (χ1) is 15.0. The molecule has 0 aliphatic heterocycles. The molecule has 0 saturated heterocycles. The summed E-state index contributed by atoms with van der Waals surface area (Å²) in [4.78, 5) is 12.4. The number of carboxylic acids is 1. The molecule has 4 nitrogen and oxygen atoms in total. The lowest BCUT2D eigenvalue weighted by Crippen LogP contribution is -2.19. The Morgan fingerprint density at radius 3 is 2.45 bits per heavy atom. The number of benzene rings is 3. The molecule has 1 aromatic heterocycles. The summed E-state index contributed by atoms with van der Waals surface area (Å²) in [6.07, 6.45) is 0.907. The normalized spacial score (nSPS) is 11.2. The second-order valence-corrected chi connectivity index (χ2v) is 8.08. The molecule has 158 valence electrons. The zero-order valence-corrected chi connectivity index (χ0v) is 18.1. The van der Waals surface area contributed by atoms with Gasteiger partial charge < -0.3 is 15.0 Å². The van der Waals surface area contributed by atoms with Gasteiger partial charge in [-0.15, -0.1) is 0 Å². The van der Waals surface area contributed by atoms with Gasteiger partial charge in [0.2, 0.25) is 0 Å². The van der Waals surface area contributed by atoms with E-state index >= 15 is 0 Å². The van der Waals surface area contributed by atoms with Crippen LogP contribution in [0.5, 0.6) is 0 Å². The van der Waals surface area contributed by atoms with Gasteiger partial charge in [0.05, 0.1) is 0 Å². The Morgan fingerprint density at radius 2 is 1.71 bits per heavy atom. The summed E-state index contributed by atoms with van der Waals surface area (Å²) in [5.41, 5.74) is 6.88. The maximum atomic E-state index is 12.4. The van der Waals surface area contributed by atoms with Crippen molar-refractivity contribution in [2.45, 2.75) is 33.4 Å². The Hall–Kier alpha value is -3.37. The predicted molar refractivity (Wildman–Crippen MR) is 126 cm³/mol. The van der Waals surface area contributed by atoms with Gasteiger partial charge in [0.25, 0.3) is 0 Å². The zero-order valence-electron chi connectivity index (χ0n) is 18.1. The molecule has 0 radical (unpaired) electrons. The molecule has 0 aliphatic rings. The number of carboxylic acid groups (broad SMARTS) is 1. The first kappa shape index (κ1) is 20.9. The highest BCUT2D eigenvalue weighted by molar-refractivity contribution is 5.98. The standard InChI is InChI=1S/C27H28N2O2/c1-19-12-13-23-24(17-28-15-14-21-9-4-3-5-10-21)26(27(30)31)29(25(23)16-19)18-22-11-7-6-8-20(22)2/h3-13,16,28H,14-15,17-18H2,1-2H3,(H,30,31). The maximum Gasteiger partial charge on any atom is 0.352 e. The Morgan fingerprint density at radius 1 is 0.968 bits per heavy atom. The molecule has 31 heavy (non-hydrogen) atoms. The van der Waals surface area contributed by atoms with Crippen molar-refractivity contribution >= 4 is 16.9 Å². The van der Waals surface area contributed by atoms with Gasteiger partial charge in [0, 0.05) is 29.6 Å². The minimum Gasteiger partial charge on any atom is -0.477 e. The summed E-state index contributed by atoms with van der Waals surface area (Å²) in [6.45, 7) is 5.97. The van der Waals surface area contributed by atoms with Crippen LogP contribution >= 0.6 is 0 Å². The smallest absolute Gasteiger partial charge is 0.352 e. The van der Waals surface area contributed by atoms with Gasteiger partial charge in [-0.3, -0.25) is 0 Å². The van der Waals surface area contributed by atoms with Crippen molar-refractivity contribution in [2.75, 3.05) is 6.54 Å². The van der Waals surface area contributed by atoms with E-state index in [1.165, 1.54) is 5.56 Å². The van der Waals surface area contributed by atoms with Crippen molar-refractivity contribution in [3.8, 4) is 0 Å². The number of aromatic nitrogens is 1. The number of nitrogens with zero attached hydrogens (tertiary/aromatic N) is 1. The third-order valence-electron chi connectivity index (χ3n) is 5.85. The average Bonchev–Trinajstić information content (AvgIpc) is 3.06. The molecule has 0 saturated carbocycles. The highest BCUT2D eigenvalue weighted by Gasteiger charge is 2.22. The van der Waals surface area contributed by atoms with Crippen LogP contribution in [0.2, 0.25) is 0 Å². The molecule has 0 fully saturated rings. The fraction of sp³-hybridized carbons (Fsp3) is 0.222. The second kappa shape index (κ2) is 9.19. The average molecular weight is 413 g/mol. The van der Waals surface area contributed by atoms with E-state index in [1.807, 2.05) is 41.8 Å². The van der Waals surface area contributed by atoms with Gasteiger partial charge >= 0.3 is 5.97 Å². The third-order valence-corrected chi connectivity index (χ3v) is 5.85. The Balaban J connectivity index is 1.68. The van der Waals surface area contributed by atoms with E-state index in [0.717, 1.165) is 46.1 Å². The molecule has 0 unspecified atom stereocenters. The fourth-order valence-corrected chi connectivity index (χ4v) is 4.17. The maximum absolute atomic E-state index is 12.4. The van der Waals surface area contributed by atoms with Crippen molar-refractivity contribution in [3.05, 3.63) is 106 Å². The number of aromatic carboxylic acids is 1. The number of hydrogen-bond donors (Lipinski definition) is 2. The number of nitrogens with one attached hydrogen (secondary N) is 1. The number of carbonyl (C=O) groups is 1. The largest absolute Gasteiger partial charge is 0.477 e. The monoisotopic (exact) mass is 412 g/mol. The summed E-state index contributed by atoms with van der Waals surface area (Å²) in [6, 6.07) is 24.7. The van der Waals surface area contributed by atoms with Gasteiger partial charge in [-0.25, -0.2) is 4.79 Å². The number of aryl methyl sites for hydroxylation is 2. The number of fused-ring (bicyclic) bond motifs is 1. The van der Waals surface area contributed by atoms with Crippen molar-refractivity contribution in [1.82, 2.24) is 9.88 Å². The topological polar surface area (TPSA) is 54.3 Å². The van der Waals surface area contributed by atoms with Crippen molar-refractivity contribution < 1.29 is 9.90 Å². The SMILES string of the molecule is Cc1ccc2c(CNCCc3ccccc3)c(C(=O)O)n(Cc3ccccc3C)c2c1. The molecule has 0 aliphatic carbocycles. The molecule has 2 N–H and O–H groups in total. The summed E-state index contributed by atoms with van der Waals surface area (Å²) in [5.74, 6) is -0.887. The summed E-state index contributed by atoms with van der Waals surface area (Å²) in [5, 5.41) is 14.6. The Bertz CT molecular complexity index is 1210. The fourth-order valence-electron chi connectivity index (χ4n) is 4.17. The van der Waals surface area contributed by atoms with Gasteiger partial charge in [-0.2, -0.15) is 0 Å². The molecule has 0 atom stereocenters. The lowest BCUT2D eigenvalue weighted by molar-refractivity contribution is 0.0684. The van der Waals surface area contributed by atoms with E-state index in [1.54, 1.807) is 0 Å². The van der Waals surface area contributed by atoms with Crippen LogP contribution in [0.25, 0.3) is 10.9 Å². The molecular formula is C27H28N2O2. The number of rotatable bonds is 8. The first-order valence-corrected chi connectivity index (χ1v) is 10.7. The van der Waals surface area contributed by atoms with Gasteiger partial charge in [-0.1, -0.05) is 66.7 Å². The summed E-state index contributed by atoms with van der Waals surface area (Å²) in [7, 11) is 0. The van der Waals surface area contributed by atoms with Gasteiger partial charge in [0.1, 0.15) is 5.69 Å². The van der Waals surface area contributed by atoms with Crippen LogP contribution in [0.15, 0.2) is 72.8 Å². The van der Waals surface area contributed by atoms with E-state index in [4.69, 9.17) is 0 Å². The Kier molecular flexibility index (Phi) is 6.19. The van der Waals surface area contributed by atoms with E-state index in [-0.39, 0.29) is 0 Å². The van der Waals surface area contributed by atoms with E-state index in [9.17, 15) is 9.90 Å². The highest BCUT2D eigenvalue weighted by atomic mass is 16.4. The van der Waals surface area contributed by atoms with Gasteiger partial charge in [0.15, 0.2) is 0 Å². The second-order valence-electron chi connectivity index (χ2n) is 8.08. The lowest BCUT2D eigenvalue weighted by Gasteiger charge is -2.12. The molecular weight excluding hydrogens is 384 g/mol. The minimum absolute atomic E-state index is 0.371. The van der Waals surface area contributed by atoms with Crippen LogP contribution in [-0.4, -0.2) is 22.2 Å². The molecule has 1 heterocycles. The third kappa shape index (κ3) is 4.54. The van der Waals surface area contributed by atoms with Crippen molar-refractivity contribution in [2.24, 2.45) is 0 Å². The van der Waals surface area contributed by atoms with Crippen LogP contribution in [0, 0.1) is 13.8 Å². The van der Waals surface area contributed by atoms with E-state index in [2.05, 4.69) is 54.7 Å². The minimum atomic E-state index is -0.887. The summed E-state index contributed by atoms with van der Waals surface area (Å²) < 4.78 is 1.96. The lowest BCUT2D eigenvalue weighted by atomic mass is 10.1. The van der Waals surface area contributed by atoms with Crippen LogP contribution in [0.1, 0.15) is 38.3 Å². The van der Waals surface area contributed by atoms with Crippen LogP contribution in [0.3, 0.4) is 0 Å². The quantitative estimate of drug-likeness (QED) is 0.384. The molecule has 0 spiro atoms. The molecule has 4 heteroatoms. The molecule has 3 aromatic carbocycles. The molecule has 0 amide bonds. The van der Waals surface area contributed by atoms with Gasteiger partial charge in [-0.05, 0) is 55.1 Å². The molecule has 0 bridgehead atoms. The van der Waals surface area contributed by atoms with Crippen LogP contribution < -0.4 is 5.32 Å².